The average Bonchev–Trinajstić information content (AvgIpc) is 3.13. The Hall–Kier alpha value is -3.06. The number of nitrogens with one attached hydrogen (secondary N) is 1. The second-order valence-corrected chi connectivity index (χ2v) is 6.79. The second-order valence-electron chi connectivity index (χ2n) is 6.38. The van der Waals surface area contributed by atoms with Gasteiger partial charge >= 0.3 is 0 Å². The molecule has 28 heavy (non-hydrogen) atoms. The number of hydrogen-bond acceptors (Lipinski definition) is 5. The van der Waals surface area contributed by atoms with Crippen LogP contribution in [0.1, 0.15) is 17.5 Å². The van der Waals surface area contributed by atoms with Crippen LogP contribution in [0.5, 0.6) is 11.5 Å². The van der Waals surface area contributed by atoms with Crippen molar-refractivity contribution in [3.63, 3.8) is 0 Å². The SMILES string of the molecule is O=C(Cc1cc(Cl)c2c(c1)OCCCO2)NCc1ccnc(-n2cccn2)c1. The summed E-state index contributed by atoms with van der Waals surface area (Å²) in [5, 5.41) is 7.54. The van der Waals surface area contributed by atoms with E-state index >= 15 is 0 Å². The highest BCUT2D eigenvalue weighted by Gasteiger charge is 2.16. The quantitative estimate of drug-likeness (QED) is 0.715. The van der Waals surface area contributed by atoms with Crippen molar-refractivity contribution in [2.45, 2.75) is 19.4 Å². The van der Waals surface area contributed by atoms with Crippen molar-refractivity contribution >= 4 is 17.5 Å². The van der Waals surface area contributed by atoms with Crippen LogP contribution in [0.2, 0.25) is 5.02 Å². The average molecular weight is 399 g/mol. The fraction of sp³-hybridized carbons (Fsp3) is 0.250. The van der Waals surface area contributed by atoms with Crippen molar-refractivity contribution in [3.05, 3.63) is 65.1 Å². The molecule has 1 N–H and O–H groups in total. The van der Waals surface area contributed by atoms with Gasteiger partial charge in [-0.25, -0.2) is 9.67 Å². The Balaban J connectivity index is 1.39. The van der Waals surface area contributed by atoms with Gasteiger partial charge in [-0.05, 0) is 41.5 Å². The number of carbonyl (C=O) groups is 1. The molecule has 8 heteroatoms. The van der Waals surface area contributed by atoms with E-state index in [9.17, 15) is 4.79 Å². The number of fused-ring (bicyclic) bond motifs is 1. The van der Waals surface area contributed by atoms with E-state index in [0.29, 0.717) is 42.1 Å². The summed E-state index contributed by atoms with van der Waals surface area (Å²) in [6.07, 6.45) is 6.21. The smallest absolute Gasteiger partial charge is 0.224 e. The zero-order valence-corrected chi connectivity index (χ0v) is 15.9. The lowest BCUT2D eigenvalue weighted by Crippen LogP contribution is -2.24. The molecule has 0 unspecified atom stereocenters. The highest BCUT2D eigenvalue weighted by atomic mass is 35.5. The molecule has 144 valence electrons. The maximum Gasteiger partial charge on any atom is 0.224 e. The third kappa shape index (κ3) is 4.26. The van der Waals surface area contributed by atoms with E-state index in [2.05, 4.69) is 15.4 Å². The standard InChI is InChI=1S/C20H19ClN4O3/c21-16-9-15(10-17-20(16)28-8-2-7-27-17)12-19(26)23-13-14-3-5-22-18(11-14)25-6-1-4-24-25/h1,3-6,9-11H,2,7-8,12-13H2,(H,23,26). The molecule has 0 aliphatic carbocycles. The first-order chi connectivity index (χ1) is 13.7. The number of hydrogen-bond donors (Lipinski definition) is 1. The Morgan fingerprint density at radius 3 is 2.93 bits per heavy atom. The van der Waals surface area contributed by atoms with Gasteiger partial charge in [-0.15, -0.1) is 0 Å². The highest BCUT2D eigenvalue weighted by Crippen LogP contribution is 2.38. The van der Waals surface area contributed by atoms with Gasteiger partial charge in [-0.3, -0.25) is 4.79 Å². The first-order valence-electron chi connectivity index (χ1n) is 8.99. The maximum absolute atomic E-state index is 12.4. The first-order valence-corrected chi connectivity index (χ1v) is 9.36. The monoisotopic (exact) mass is 398 g/mol. The van der Waals surface area contributed by atoms with Gasteiger partial charge in [0.05, 0.1) is 24.7 Å². The molecular formula is C20H19ClN4O3. The van der Waals surface area contributed by atoms with Gasteiger partial charge in [0.2, 0.25) is 5.91 Å². The molecule has 0 spiro atoms. The third-order valence-corrected chi connectivity index (χ3v) is 4.55. The number of rotatable bonds is 5. The molecule has 0 atom stereocenters. The van der Waals surface area contributed by atoms with Crippen molar-refractivity contribution < 1.29 is 14.3 Å². The maximum atomic E-state index is 12.4. The number of pyridine rings is 1. The van der Waals surface area contributed by atoms with Gasteiger partial charge < -0.3 is 14.8 Å². The molecule has 0 bridgehead atoms. The summed E-state index contributed by atoms with van der Waals surface area (Å²) >= 11 is 6.29. The van der Waals surface area contributed by atoms with Crippen LogP contribution in [-0.2, 0) is 17.8 Å². The number of ether oxygens (including phenoxy) is 2. The van der Waals surface area contributed by atoms with Crippen LogP contribution < -0.4 is 14.8 Å². The fourth-order valence-electron chi connectivity index (χ4n) is 2.93. The molecule has 1 aliphatic heterocycles. The van der Waals surface area contributed by atoms with E-state index in [4.69, 9.17) is 21.1 Å². The van der Waals surface area contributed by atoms with Crippen LogP contribution in [0.25, 0.3) is 5.82 Å². The zero-order chi connectivity index (χ0) is 19.3. The number of aromatic nitrogens is 3. The van der Waals surface area contributed by atoms with Crippen LogP contribution in [0.3, 0.4) is 0 Å². The largest absolute Gasteiger partial charge is 0.489 e. The first kappa shape index (κ1) is 18.3. The van der Waals surface area contributed by atoms with Crippen molar-refractivity contribution in [1.29, 1.82) is 0 Å². The summed E-state index contributed by atoms with van der Waals surface area (Å²) in [5.41, 5.74) is 1.71. The van der Waals surface area contributed by atoms with Crippen molar-refractivity contribution in [1.82, 2.24) is 20.1 Å². The van der Waals surface area contributed by atoms with Crippen LogP contribution >= 0.6 is 11.6 Å². The van der Waals surface area contributed by atoms with Gasteiger partial charge in [0.15, 0.2) is 17.3 Å². The molecule has 1 aromatic carbocycles. The molecule has 0 radical (unpaired) electrons. The minimum Gasteiger partial charge on any atom is -0.489 e. The Morgan fingerprint density at radius 1 is 1.18 bits per heavy atom. The molecule has 0 saturated heterocycles. The molecule has 4 rings (SSSR count). The van der Waals surface area contributed by atoms with E-state index < -0.39 is 0 Å². The molecule has 7 nitrogen and oxygen atoms in total. The molecule has 0 saturated carbocycles. The Labute approximate surface area is 167 Å². The van der Waals surface area contributed by atoms with E-state index in [0.717, 1.165) is 17.5 Å². The summed E-state index contributed by atoms with van der Waals surface area (Å²) < 4.78 is 13.0. The van der Waals surface area contributed by atoms with Crippen LogP contribution in [0, 0.1) is 0 Å². The molecular weight excluding hydrogens is 380 g/mol. The fourth-order valence-corrected chi connectivity index (χ4v) is 3.22. The number of amides is 1. The highest BCUT2D eigenvalue weighted by molar-refractivity contribution is 6.32. The predicted octanol–water partition coefficient (Wildman–Crippen LogP) is 2.94. The van der Waals surface area contributed by atoms with Crippen LogP contribution in [0.4, 0.5) is 0 Å². The lowest BCUT2D eigenvalue weighted by Gasteiger charge is -2.12. The lowest BCUT2D eigenvalue weighted by molar-refractivity contribution is -0.120. The molecule has 3 heterocycles. The van der Waals surface area contributed by atoms with E-state index in [1.807, 2.05) is 30.5 Å². The number of carbonyl (C=O) groups excluding carboxylic acids is 1. The summed E-state index contributed by atoms with van der Waals surface area (Å²) in [7, 11) is 0. The summed E-state index contributed by atoms with van der Waals surface area (Å²) in [6.45, 7) is 1.53. The number of halogens is 1. The second kappa shape index (κ2) is 8.31. The topological polar surface area (TPSA) is 78.3 Å². The summed E-state index contributed by atoms with van der Waals surface area (Å²) in [4.78, 5) is 16.7. The molecule has 3 aromatic rings. The van der Waals surface area contributed by atoms with Gasteiger partial charge in [-0.1, -0.05) is 11.6 Å². The Morgan fingerprint density at radius 2 is 2.07 bits per heavy atom. The lowest BCUT2D eigenvalue weighted by atomic mass is 10.1. The molecule has 0 fully saturated rings. The minimum atomic E-state index is -0.108. The summed E-state index contributed by atoms with van der Waals surface area (Å²) in [5.74, 6) is 1.73. The Bertz CT molecular complexity index is 976. The molecule has 2 aromatic heterocycles. The van der Waals surface area contributed by atoms with Gasteiger partial charge in [-0.2, -0.15) is 5.10 Å². The van der Waals surface area contributed by atoms with E-state index in [1.54, 1.807) is 23.1 Å². The van der Waals surface area contributed by atoms with E-state index in [1.165, 1.54) is 0 Å². The van der Waals surface area contributed by atoms with Gasteiger partial charge in [0.25, 0.3) is 0 Å². The van der Waals surface area contributed by atoms with Crippen molar-refractivity contribution in [2.75, 3.05) is 13.2 Å². The van der Waals surface area contributed by atoms with E-state index in [-0.39, 0.29) is 12.3 Å². The van der Waals surface area contributed by atoms with Crippen LogP contribution in [-0.4, -0.2) is 33.9 Å². The normalized spacial score (nSPS) is 13.0. The molecule has 1 amide bonds. The number of benzene rings is 1. The van der Waals surface area contributed by atoms with Crippen molar-refractivity contribution in [3.8, 4) is 17.3 Å². The Kier molecular flexibility index (Phi) is 5.43. The van der Waals surface area contributed by atoms with Gasteiger partial charge in [0, 0.05) is 31.6 Å². The summed E-state index contributed by atoms with van der Waals surface area (Å²) in [6, 6.07) is 9.14. The van der Waals surface area contributed by atoms with Crippen molar-refractivity contribution in [2.24, 2.45) is 0 Å². The third-order valence-electron chi connectivity index (χ3n) is 4.27. The zero-order valence-electron chi connectivity index (χ0n) is 15.1. The predicted molar refractivity (Wildman–Crippen MR) is 104 cm³/mol. The van der Waals surface area contributed by atoms with Gasteiger partial charge in [0.1, 0.15) is 0 Å². The minimum absolute atomic E-state index is 0.108. The molecule has 1 aliphatic rings. The van der Waals surface area contributed by atoms with Crippen LogP contribution in [0.15, 0.2) is 48.9 Å². The number of nitrogens with zero attached hydrogens (tertiary/aromatic N) is 3.